The number of aliphatic hydroxyl groups excluding tert-OH is 1. The molecule has 1 heterocycles. The normalized spacial score (nSPS) is 32.3. The largest absolute Gasteiger partial charge is 0.394 e. The second-order valence-corrected chi connectivity index (χ2v) is 9.87. The minimum absolute atomic E-state index is 0.0403. The molecule has 0 aromatic heterocycles. The van der Waals surface area contributed by atoms with Crippen molar-refractivity contribution in [2.75, 3.05) is 13.7 Å². The van der Waals surface area contributed by atoms with Crippen LogP contribution in [0.1, 0.15) is 65.7 Å². The van der Waals surface area contributed by atoms with Crippen LogP contribution in [0.3, 0.4) is 0 Å². The lowest BCUT2D eigenvalue weighted by atomic mass is 9.68. The van der Waals surface area contributed by atoms with Crippen LogP contribution < -0.4 is 10.6 Å². The van der Waals surface area contributed by atoms with Crippen molar-refractivity contribution in [3.63, 3.8) is 0 Å². The quantitative estimate of drug-likeness (QED) is 0.497. The second kappa shape index (κ2) is 10.8. The molecule has 0 radical (unpaired) electrons. The maximum Gasteiger partial charge on any atom is 0.243 e. The Hall–Kier alpha value is -1.89. The summed E-state index contributed by atoms with van der Waals surface area (Å²) >= 11 is 0. The maximum absolute atomic E-state index is 13.9. The lowest BCUT2D eigenvalue weighted by molar-refractivity contribution is -0.144. The van der Waals surface area contributed by atoms with Crippen molar-refractivity contribution in [3.8, 4) is 0 Å². The molecule has 7 nitrogen and oxygen atoms in total. The molecule has 0 aromatic carbocycles. The number of carbonyl (C=O) groups is 3. The van der Waals surface area contributed by atoms with Crippen molar-refractivity contribution < 1.29 is 19.5 Å². The fourth-order valence-electron chi connectivity index (χ4n) is 6.06. The number of hydrogen-bond donors (Lipinski definition) is 3. The zero-order chi connectivity index (χ0) is 23.4. The highest BCUT2D eigenvalue weighted by Crippen LogP contribution is 2.46. The van der Waals surface area contributed by atoms with E-state index in [1.54, 1.807) is 11.9 Å². The summed E-state index contributed by atoms with van der Waals surface area (Å²) in [4.78, 5) is 42.0. The molecule has 1 saturated carbocycles. The highest BCUT2D eigenvalue weighted by atomic mass is 16.3. The van der Waals surface area contributed by atoms with Gasteiger partial charge in [-0.15, -0.1) is 0 Å². The summed E-state index contributed by atoms with van der Waals surface area (Å²) < 4.78 is 0. The molecule has 32 heavy (non-hydrogen) atoms. The van der Waals surface area contributed by atoms with Crippen molar-refractivity contribution >= 4 is 17.7 Å². The average molecular weight is 448 g/mol. The van der Waals surface area contributed by atoms with Gasteiger partial charge in [0.05, 0.1) is 24.5 Å². The summed E-state index contributed by atoms with van der Waals surface area (Å²) in [6, 6.07) is -1.00. The molecular formula is C25H41N3O4. The van der Waals surface area contributed by atoms with E-state index in [0.29, 0.717) is 0 Å². The first-order chi connectivity index (χ1) is 15.4. The molecule has 180 valence electrons. The number of fused-ring (bicyclic) bond motifs is 1. The Kier molecular flexibility index (Phi) is 8.37. The van der Waals surface area contributed by atoms with E-state index in [0.717, 1.165) is 38.5 Å². The minimum atomic E-state index is -0.693. The molecule has 3 rings (SSSR count). The van der Waals surface area contributed by atoms with Gasteiger partial charge in [0.1, 0.15) is 6.04 Å². The topological polar surface area (TPSA) is 98.7 Å². The molecule has 0 bridgehead atoms. The number of likely N-dealkylation sites (tertiary alicyclic amines) is 1. The Bertz CT molecular complexity index is 718. The van der Waals surface area contributed by atoms with Gasteiger partial charge in [-0.1, -0.05) is 58.6 Å². The summed E-state index contributed by atoms with van der Waals surface area (Å²) in [5.74, 6) is -1.92. The number of nitrogens with zero attached hydrogens (tertiary/aromatic N) is 1. The van der Waals surface area contributed by atoms with Gasteiger partial charge < -0.3 is 20.6 Å². The predicted molar refractivity (Wildman–Crippen MR) is 123 cm³/mol. The van der Waals surface area contributed by atoms with E-state index in [1.165, 1.54) is 6.42 Å². The van der Waals surface area contributed by atoms with Crippen LogP contribution in [0.15, 0.2) is 12.2 Å². The molecule has 7 heteroatoms. The summed E-state index contributed by atoms with van der Waals surface area (Å²) in [5.41, 5.74) is 0. The van der Waals surface area contributed by atoms with Gasteiger partial charge in [0, 0.05) is 19.0 Å². The summed E-state index contributed by atoms with van der Waals surface area (Å²) in [5, 5.41) is 16.2. The van der Waals surface area contributed by atoms with Gasteiger partial charge in [-0.05, 0) is 31.1 Å². The van der Waals surface area contributed by atoms with Crippen LogP contribution in [-0.2, 0) is 14.4 Å². The van der Waals surface area contributed by atoms with Crippen molar-refractivity contribution in [3.05, 3.63) is 12.2 Å². The average Bonchev–Trinajstić information content (AvgIpc) is 3.11. The zero-order valence-corrected chi connectivity index (χ0v) is 20.0. The van der Waals surface area contributed by atoms with Crippen LogP contribution >= 0.6 is 0 Å². The number of hydrogen-bond acceptors (Lipinski definition) is 4. The SMILES string of the molecule is CC[C@H](C)[C@H](CO)N1C(=O)[C@@H]2[C@H](C=C[C@@H](CC)[C@H]2C(=O)NC)[C@H]1C(=O)NC1CCCCC1. The van der Waals surface area contributed by atoms with Crippen molar-refractivity contribution in [2.45, 2.75) is 83.8 Å². The van der Waals surface area contributed by atoms with Crippen LogP contribution in [0.5, 0.6) is 0 Å². The number of carbonyl (C=O) groups excluding carboxylic acids is 3. The van der Waals surface area contributed by atoms with Gasteiger partial charge in [0.25, 0.3) is 0 Å². The fraction of sp³-hybridized carbons (Fsp3) is 0.800. The smallest absolute Gasteiger partial charge is 0.243 e. The minimum Gasteiger partial charge on any atom is -0.394 e. The molecule has 0 spiro atoms. The Balaban J connectivity index is 2.00. The van der Waals surface area contributed by atoms with Crippen LogP contribution in [0.25, 0.3) is 0 Å². The molecule has 7 atom stereocenters. The molecule has 1 aliphatic heterocycles. The third-order valence-corrected chi connectivity index (χ3v) is 8.13. The molecule has 3 aliphatic rings. The second-order valence-electron chi connectivity index (χ2n) is 9.87. The lowest BCUT2D eigenvalue weighted by Crippen LogP contribution is -2.55. The summed E-state index contributed by atoms with van der Waals surface area (Å²) in [7, 11) is 1.60. The molecular weight excluding hydrogens is 406 g/mol. The van der Waals surface area contributed by atoms with E-state index in [2.05, 4.69) is 10.6 Å². The lowest BCUT2D eigenvalue weighted by Gasteiger charge is -2.37. The number of aliphatic hydroxyl groups is 1. The van der Waals surface area contributed by atoms with Gasteiger partial charge >= 0.3 is 0 Å². The van der Waals surface area contributed by atoms with Gasteiger partial charge in [-0.3, -0.25) is 14.4 Å². The van der Waals surface area contributed by atoms with E-state index < -0.39 is 23.9 Å². The van der Waals surface area contributed by atoms with Gasteiger partial charge in [0.15, 0.2) is 0 Å². The third-order valence-electron chi connectivity index (χ3n) is 8.13. The standard InChI is InChI=1S/C25H41N3O4/c1-5-15(3)19(14-29)28-22(24(31)27-17-10-8-7-9-11-17)18-13-12-16(6-2)20(23(30)26-4)21(18)25(28)32/h12-13,15-22,29H,5-11,14H2,1-4H3,(H,26,30)(H,27,31)/t15-,16+,18-,19-,20+,21+,22-/m0/s1. The Morgan fingerprint density at radius 1 is 1.16 bits per heavy atom. The van der Waals surface area contributed by atoms with Crippen molar-refractivity contribution in [2.24, 2.45) is 29.6 Å². The fourth-order valence-corrected chi connectivity index (χ4v) is 6.06. The van der Waals surface area contributed by atoms with E-state index >= 15 is 0 Å². The predicted octanol–water partition coefficient (Wildman–Crippen LogP) is 2.24. The molecule has 2 aliphatic carbocycles. The number of amides is 3. The van der Waals surface area contributed by atoms with Crippen LogP contribution in [0.2, 0.25) is 0 Å². The molecule has 3 N–H and O–H groups in total. The molecule has 0 unspecified atom stereocenters. The van der Waals surface area contributed by atoms with Gasteiger partial charge in [0.2, 0.25) is 17.7 Å². The first kappa shape index (κ1) is 24.7. The van der Waals surface area contributed by atoms with Crippen LogP contribution in [0, 0.1) is 29.6 Å². The van der Waals surface area contributed by atoms with E-state index in [9.17, 15) is 19.5 Å². The van der Waals surface area contributed by atoms with Gasteiger partial charge in [-0.2, -0.15) is 0 Å². The summed E-state index contributed by atoms with van der Waals surface area (Å²) in [6.45, 7) is 5.86. The maximum atomic E-state index is 13.9. The molecule has 0 aromatic rings. The number of nitrogens with one attached hydrogen (secondary N) is 2. The third kappa shape index (κ3) is 4.59. The van der Waals surface area contributed by atoms with Gasteiger partial charge in [-0.25, -0.2) is 0 Å². The van der Waals surface area contributed by atoms with E-state index in [4.69, 9.17) is 0 Å². The van der Waals surface area contributed by atoms with Crippen LogP contribution in [-0.4, -0.2) is 59.5 Å². The van der Waals surface area contributed by atoms with Crippen molar-refractivity contribution in [1.29, 1.82) is 0 Å². The molecule has 2 fully saturated rings. The Morgan fingerprint density at radius 3 is 2.41 bits per heavy atom. The molecule has 3 amide bonds. The Morgan fingerprint density at radius 2 is 1.84 bits per heavy atom. The zero-order valence-electron chi connectivity index (χ0n) is 20.0. The highest BCUT2D eigenvalue weighted by Gasteiger charge is 2.58. The Labute approximate surface area is 192 Å². The highest BCUT2D eigenvalue weighted by molar-refractivity contribution is 5.97. The number of allylic oxidation sites excluding steroid dienone is 1. The van der Waals surface area contributed by atoms with E-state index in [1.807, 2.05) is 32.9 Å². The van der Waals surface area contributed by atoms with E-state index in [-0.39, 0.29) is 48.1 Å². The van der Waals surface area contributed by atoms with Crippen molar-refractivity contribution in [1.82, 2.24) is 15.5 Å². The first-order valence-corrected chi connectivity index (χ1v) is 12.5. The molecule has 1 saturated heterocycles. The first-order valence-electron chi connectivity index (χ1n) is 12.5. The van der Waals surface area contributed by atoms with Crippen LogP contribution in [0.4, 0.5) is 0 Å². The summed E-state index contributed by atoms with van der Waals surface area (Å²) in [6.07, 6.45) is 10.9. The monoisotopic (exact) mass is 447 g/mol. The number of rotatable bonds is 8.